The standard InChI is InChI=1S/C13H16N2OS/c1-13(2,3)11-10(12(16)15(4)14-11)8-9-6-5-7-17-9/h5-8H,1-4H3/b10-8+. The maximum Gasteiger partial charge on any atom is 0.275 e. The number of nitrogens with zero attached hydrogens (tertiary/aromatic N) is 2. The Morgan fingerprint density at radius 3 is 2.65 bits per heavy atom. The van der Waals surface area contributed by atoms with Crippen molar-refractivity contribution in [1.82, 2.24) is 5.01 Å². The van der Waals surface area contributed by atoms with Crippen LogP contribution >= 0.6 is 11.3 Å². The van der Waals surface area contributed by atoms with Gasteiger partial charge in [0.15, 0.2) is 0 Å². The van der Waals surface area contributed by atoms with Gasteiger partial charge in [-0.3, -0.25) is 4.79 Å². The lowest BCUT2D eigenvalue weighted by Gasteiger charge is -2.17. The fourth-order valence-electron chi connectivity index (χ4n) is 1.72. The summed E-state index contributed by atoms with van der Waals surface area (Å²) in [6, 6.07) is 3.98. The molecule has 0 bridgehead atoms. The van der Waals surface area contributed by atoms with Crippen LogP contribution in [-0.4, -0.2) is 23.7 Å². The molecule has 1 amide bonds. The molecule has 3 nitrogen and oxygen atoms in total. The Bertz CT molecular complexity index is 492. The molecule has 17 heavy (non-hydrogen) atoms. The molecule has 0 aromatic carbocycles. The van der Waals surface area contributed by atoms with E-state index in [0.29, 0.717) is 5.57 Å². The van der Waals surface area contributed by atoms with E-state index in [4.69, 9.17) is 0 Å². The van der Waals surface area contributed by atoms with Gasteiger partial charge in [-0.15, -0.1) is 11.3 Å². The second kappa shape index (κ2) is 4.11. The summed E-state index contributed by atoms with van der Waals surface area (Å²) in [7, 11) is 1.70. The molecule has 1 aliphatic heterocycles. The number of carbonyl (C=O) groups is 1. The van der Waals surface area contributed by atoms with Crippen molar-refractivity contribution in [2.45, 2.75) is 20.8 Å². The fourth-order valence-corrected chi connectivity index (χ4v) is 2.38. The average Bonchev–Trinajstić information content (AvgIpc) is 2.80. The molecule has 0 fully saturated rings. The summed E-state index contributed by atoms with van der Waals surface area (Å²) in [5.74, 6) is -0.0247. The molecular weight excluding hydrogens is 232 g/mol. The fraction of sp³-hybridized carbons (Fsp3) is 0.385. The van der Waals surface area contributed by atoms with Gasteiger partial charge in [0.1, 0.15) is 0 Å². The summed E-state index contributed by atoms with van der Waals surface area (Å²) in [5.41, 5.74) is 1.45. The van der Waals surface area contributed by atoms with Gasteiger partial charge in [-0.1, -0.05) is 26.8 Å². The minimum absolute atomic E-state index is 0.0247. The van der Waals surface area contributed by atoms with E-state index in [1.807, 2.05) is 23.6 Å². The van der Waals surface area contributed by atoms with Gasteiger partial charge >= 0.3 is 0 Å². The SMILES string of the molecule is CN1N=C(C(C)(C)C)/C(=C\c2cccs2)C1=O. The largest absolute Gasteiger partial charge is 0.275 e. The first-order valence-electron chi connectivity index (χ1n) is 5.52. The van der Waals surface area contributed by atoms with Crippen molar-refractivity contribution in [2.75, 3.05) is 7.05 Å². The summed E-state index contributed by atoms with van der Waals surface area (Å²) in [6.45, 7) is 6.21. The smallest absolute Gasteiger partial charge is 0.267 e. The lowest BCUT2D eigenvalue weighted by molar-refractivity contribution is -0.124. The quantitative estimate of drug-likeness (QED) is 0.703. The normalized spacial score (nSPS) is 19.1. The molecule has 1 aromatic rings. The number of rotatable bonds is 1. The molecule has 90 valence electrons. The van der Waals surface area contributed by atoms with E-state index in [-0.39, 0.29) is 11.3 Å². The number of likely N-dealkylation sites (N-methyl/N-ethyl adjacent to an activating group) is 1. The summed E-state index contributed by atoms with van der Waals surface area (Å²) < 4.78 is 0. The Balaban J connectivity index is 2.45. The minimum atomic E-state index is -0.122. The second-order valence-electron chi connectivity index (χ2n) is 5.10. The van der Waals surface area contributed by atoms with E-state index in [2.05, 4.69) is 25.9 Å². The highest BCUT2D eigenvalue weighted by Crippen LogP contribution is 2.29. The first-order chi connectivity index (χ1) is 7.89. The van der Waals surface area contributed by atoms with Crippen LogP contribution in [-0.2, 0) is 4.79 Å². The second-order valence-corrected chi connectivity index (χ2v) is 6.08. The number of hydrazone groups is 1. The summed E-state index contributed by atoms with van der Waals surface area (Å²) in [6.07, 6.45) is 1.93. The minimum Gasteiger partial charge on any atom is -0.267 e. The third-order valence-corrected chi connectivity index (χ3v) is 3.39. The van der Waals surface area contributed by atoms with Crippen molar-refractivity contribution in [1.29, 1.82) is 0 Å². The molecule has 2 rings (SSSR count). The summed E-state index contributed by atoms with van der Waals surface area (Å²) in [5, 5.41) is 7.76. The van der Waals surface area contributed by atoms with Crippen LogP contribution in [0.2, 0.25) is 0 Å². The van der Waals surface area contributed by atoms with E-state index < -0.39 is 0 Å². The van der Waals surface area contributed by atoms with Gasteiger partial charge in [0.05, 0.1) is 11.3 Å². The van der Waals surface area contributed by atoms with Gasteiger partial charge in [0, 0.05) is 17.3 Å². The van der Waals surface area contributed by atoms with Gasteiger partial charge in [-0.05, 0) is 17.5 Å². The lowest BCUT2D eigenvalue weighted by Crippen LogP contribution is -2.22. The molecule has 0 aliphatic carbocycles. The van der Waals surface area contributed by atoms with Crippen LogP contribution in [0.5, 0.6) is 0 Å². The first kappa shape index (κ1) is 12.0. The van der Waals surface area contributed by atoms with Crippen molar-refractivity contribution in [3.63, 3.8) is 0 Å². The summed E-state index contributed by atoms with van der Waals surface area (Å²) >= 11 is 1.62. The van der Waals surface area contributed by atoms with Crippen LogP contribution in [0, 0.1) is 5.41 Å². The topological polar surface area (TPSA) is 32.7 Å². The van der Waals surface area contributed by atoms with Crippen molar-refractivity contribution in [3.05, 3.63) is 28.0 Å². The molecule has 4 heteroatoms. The molecule has 0 atom stereocenters. The predicted molar refractivity (Wildman–Crippen MR) is 72.0 cm³/mol. The lowest BCUT2D eigenvalue weighted by atomic mass is 9.85. The van der Waals surface area contributed by atoms with Gasteiger partial charge < -0.3 is 0 Å². The molecular formula is C13H16N2OS. The van der Waals surface area contributed by atoms with Crippen molar-refractivity contribution < 1.29 is 4.79 Å². The number of thiophene rings is 1. The molecule has 0 unspecified atom stereocenters. The van der Waals surface area contributed by atoms with Crippen LogP contribution in [0.3, 0.4) is 0 Å². The van der Waals surface area contributed by atoms with Gasteiger partial charge in [-0.2, -0.15) is 5.10 Å². The zero-order valence-electron chi connectivity index (χ0n) is 10.5. The van der Waals surface area contributed by atoms with Crippen molar-refractivity contribution in [3.8, 4) is 0 Å². The average molecular weight is 248 g/mol. The number of amides is 1. The van der Waals surface area contributed by atoms with E-state index in [1.165, 1.54) is 5.01 Å². The highest BCUT2D eigenvalue weighted by Gasteiger charge is 2.34. The zero-order valence-corrected chi connectivity index (χ0v) is 11.3. The molecule has 1 aromatic heterocycles. The molecule has 1 aliphatic rings. The van der Waals surface area contributed by atoms with E-state index in [1.54, 1.807) is 18.4 Å². The van der Waals surface area contributed by atoms with E-state index in [9.17, 15) is 4.79 Å². The van der Waals surface area contributed by atoms with E-state index >= 15 is 0 Å². The Hall–Kier alpha value is -1.42. The van der Waals surface area contributed by atoms with E-state index in [0.717, 1.165) is 10.6 Å². The van der Waals surface area contributed by atoms with Gasteiger partial charge in [0.25, 0.3) is 5.91 Å². The van der Waals surface area contributed by atoms with Crippen LogP contribution < -0.4 is 0 Å². The molecule has 0 saturated heterocycles. The van der Waals surface area contributed by atoms with Crippen LogP contribution in [0.25, 0.3) is 6.08 Å². The first-order valence-corrected chi connectivity index (χ1v) is 6.40. The van der Waals surface area contributed by atoms with Crippen molar-refractivity contribution in [2.24, 2.45) is 10.5 Å². The predicted octanol–water partition coefficient (Wildman–Crippen LogP) is 3.01. The number of hydrogen-bond donors (Lipinski definition) is 0. The Kier molecular flexibility index (Phi) is 2.91. The molecule has 2 heterocycles. The van der Waals surface area contributed by atoms with Gasteiger partial charge in [-0.25, -0.2) is 5.01 Å². The van der Waals surface area contributed by atoms with Crippen molar-refractivity contribution >= 4 is 29.0 Å². The zero-order chi connectivity index (χ0) is 12.6. The maximum absolute atomic E-state index is 12.0. The maximum atomic E-state index is 12.0. The van der Waals surface area contributed by atoms with Crippen LogP contribution in [0.1, 0.15) is 25.6 Å². The Morgan fingerprint density at radius 2 is 2.12 bits per heavy atom. The Labute approximate surface area is 105 Å². The molecule has 0 N–H and O–H groups in total. The monoisotopic (exact) mass is 248 g/mol. The molecule has 0 spiro atoms. The molecule has 0 radical (unpaired) electrons. The number of carbonyl (C=O) groups excluding carboxylic acids is 1. The van der Waals surface area contributed by atoms with Crippen LogP contribution in [0.15, 0.2) is 28.2 Å². The molecule has 0 saturated carbocycles. The highest BCUT2D eigenvalue weighted by molar-refractivity contribution is 7.10. The number of hydrogen-bond acceptors (Lipinski definition) is 3. The highest BCUT2D eigenvalue weighted by atomic mass is 32.1. The Morgan fingerprint density at radius 1 is 1.41 bits per heavy atom. The van der Waals surface area contributed by atoms with Crippen LogP contribution in [0.4, 0.5) is 0 Å². The summed E-state index contributed by atoms with van der Waals surface area (Å²) in [4.78, 5) is 13.1. The van der Waals surface area contributed by atoms with Gasteiger partial charge in [0.2, 0.25) is 0 Å². The third-order valence-electron chi connectivity index (χ3n) is 2.57. The third kappa shape index (κ3) is 2.31.